The van der Waals surface area contributed by atoms with E-state index < -0.39 is 0 Å². The molecule has 190 valence electrons. The zero-order chi connectivity index (χ0) is 25.8. The number of methoxy groups -OCH3 is 1. The minimum atomic E-state index is -0.219. The number of nitrogens with zero attached hydrogens (tertiary/aromatic N) is 8. The minimum absolute atomic E-state index is 0.168. The van der Waals surface area contributed by atoms with Crippen LogP contribution < -0.4 is 4.90 Å². The summed E-state index contributed by atoms with van der Waals surface area (Å²) in [6.07, 6.45) is 16.1. The van der Waals surface area contributed by atoms with Crippen LogP contribution in [-0.2, 0) is 4.74 Å². The lowest BCUT2D eigenvalue weighted by Crippen LogP contribution is -2.39. The van der Waals surface area contributed by atoms with Gasteiger partial charge in [0.25, 0.3) is 11.8 Å². The fourth-order valence-electron chi connectivity index (χ4n) is 4.23. The molecular weight excluding hydrogens is 472 g/mol. The van der Waals surface area contributed by atoms with Gasteiger partial charge < -0.3 is 19.4 Å². The third-order valence-electron chi connectivity index (χ3n) is 6.31. The van der Waals surface area contributed by atoms with Gasteiger partial charge in [-0.2, -0.15) is 5.10 Å². The maximum absolute atomic E-state index is 13.7. The van der Waals surface area contributed by atoms with Crippen molar-refractivity contribution in [3.63, 3.8) is 0 Å². The number of hydrogen-bond donors (Lipinski definition) is 0. The topological polar surface area (TPSA) is 109 Å². The summed E-state index contributed by atoms with van der Waals surface area (Å²) in [5.74, 6) is 0.206. The largest absolute Gasteiger partial charge is 0.383 e. The molecule has 0 aromatic carbocycles. The predicted octanol–water partition coefficient (Wildman–Crippen LogP) is 2.40. The number of amides is 2. The van der Waals surface area contributed by atoms with Gasteiger partial charge in [0, 0.05) is 52.4 Å². The van der Waals surface area contributed by atoms with Crippen molar-refractivity contribution in [1.82, 2.24) is 34.4 Å². The van der Waals surface area contributed by atoms with Gasteiger partial charge in [0.2, 0.25) is 0 Å². The molecule has 11 heteroatoms. The van der Waals surface area contributed by atoms with Crippen LogP contribution in [0, 0.1) is 0 Å². The molecule has 0 unspecified atom stereocenters. The van der Waals surface area contributed by atoms with Crippen LogP contribution in [0.25, 0.3) is 11.2 Å². The minimum Gasteiger partial charge on any atom is -0.383 e. The van der Waals surface area contributed by atoms with Crippen molar-refractivity contribution in [2.75, 3.05) is 45.3 Å². The van der Waals surface area contributed by atoms with E-state index in [4.69, 9.17) is 9.72 Å². The summed E-state index contributed by atoms with van der Waals surface area (Å²) in [6.45, 7) is 1.87. The van der Waals surface area contributed by atoms with E-state index in [2.05, 4.69) is 21.1 Å². The zero-order valence-corrected chi connectivity index (χ0v) is 20.8. The van der Waals surface area contributed by atoms with Gasteiger partial charge in [-0.25, -0.2) is 19.5 Å². The molecule has 0 radical (unpaired) electrons. The lowest BCUT2D eigenvalue weighted by Gasteiger charge is -2.29. The van der Waals surface area contributed by atoms with Crippen molar-refractivity contribution in [2.24, 2.45) is 0 Å². The molecule has 0 atom stereocenters. The number of anilines is 1. The molecule has 0 fully saturated rings. The highest BCUT2D eigenvalue weighted by Crippen LogP contribution is 2.28. The second-order valence-corrected chi connectivity index (χ2v) is 8.73. The summed E-state index contributed by atoms with van der Waals surface area (Å²) < 4.78 is 6.63. The third kappa shape index (κ3) is 4.98. The summed E-state index contributed by atoms with van der Waals surface area (Å²) >= 11 is 0. The molecule has 0 saturated heterocycles. The lowest BCUT2D eigenvalue weighted by atomic mass is 10.0. The molecule has 11 nitrogen and oxygen atoms in total. The highest BCUT2D eigenvalue weighted by atomic mass is 16.5. The first-order valence-electron chi connectivity index (χ1n) is 12.1. The molecule has 2 amide bonds. The van der Waals surface area contributed by atoms with Gasteiger partial charge in [-0.05, 0) is 30.5 Å². The normalized spacial score (nSPS) is 15.2. The summed E-state index contributed by atoms with van der Waals surface area (Å²) in [7, 11) is 3.29. The molecule has 0 N–H and O–H groups in total. The maximum Gasteiger partial charge on any atom is 0.278 e. The molecule has 1 aliphatic heterocycles. The number of carbonyl (C=O) groups is 2. The van der Waals surface area contributed by atoms with E-state index in [1.807, 2.05) is 29.2 Å². The Labute approximate surface area is 214 Å². The third-order valence-corrected chi connectivity index (χ3v) is 6.31. The quantitative estimate of drug-likeness (QED) is 0.487. The van der Waals surface area contributed by atoms with Crippen molar-refractivity contribution in [1.29, 1.82) is 0 Å². The molecule has 5 rings (SSSR count). The Balaban J connectivity index is 1.33. The second kappa shape index (κ2) is 10.7. The Morgan fingerprint density at radius 3 is 2.76 bits per heavy atom. The van der Waals surface area contributed by atoms with E-state index in [9.17, 15) is 9.59 Å². The molecular formula is C26H28N8O3. The maximum atomic E-state index is 13.7. The van der Waals surface area contributed by atoms with Gasteiger partial charge in [0.1, 0.15) is 11.4 Å². The average molecular weight is 501 g/mol. The number of aromatic nitrogens is 5. The number of carbonyl (C=O) groups excluding carboxylic acids is 2. The average Bonchev–Trinajstić information content (AvgIpc) is 3.35. The highest BCUT2D eigenvalue weighted by Gasteiger charge is 2.28. The number of rotatable bonds is 7. The summed E-state index contributed by atoms with van der Waals surface area (Å²) in [5.41, 5.74) is 3.05. The van der Waals surface area contributed by atoms with Gasteiger partial charge >= 0.3 is 0 Å². The molecule has 1 aliphatic carbocycles. The van der Waals surface area contributed by atoms with E-state index in [-0.39, 0.29) is 17.5 Å². The highest BCUT2D eigenvalue weighted by molar-refractivity contribution is 5.99. The van der Waals surface area contributed by atoms with Gasteiger partial charge in [-0.3, -0.25) is 9.59 Å². The van der Waals surface area contributed by atoms with Gasteiger partial charge in [0.05, 0.1) is 19.0 Å². The first kappa shape index (κ1) is 24.3. The first-order chi connectivity index (χ1) is 18.1. The molecule has 4 heterocycles. The molecule has 3 aromatic heterocycles. The fraction of sp³-hybridized carbons (Fsp3) is 0.308. The Kier molecular flexibility index (Phi) is 7.04. The number of likely N-dealkylation sites (N-methyl/N-ethyl adjacent to an activating group) is 1. The first-order valence-corrected chi connectivity index (χ1v) is 12.1. The van der Waals surface area contributed by atoms with Gasteiger partial charge in [0.15, 0.2) is 17.2 Å². The number of fused-ring (bicyclic) bond motifs is 1. The van der Waals surface area contributed by atoms with Crippen LogP contribution in [0.5, 0.6) is 0 Å². The smallest absolute Gasteiger partial charge is 0.278 e. The number of allylic oxidation sites excluding steroid dienone is 4. The van der Waals surface area contributed by atoms with Crippen LogP contribution in [0.2, 0.25) is 0 Å². The zero-order valence-electron chi connectivity index (χ0n) is 20.8. The van der Waals surface area contributed by atoms with Crippen molar-refractivity contribution < 1.29 is 14.3 Å². The molecule has 2 aliphatic rings. The molecule has 0 bridgehead atoms. The van der Waals surface area contributed by atoms with E-state index in [0.717, 1.165) is 18.4 Å². The lowest BCUT2D eigenvalue weighted by molar-refractivity contribution is 0.0737. The van der Waals surface area contributed by atoms with Gasteiger partial charge in [-0.1, -0.05) is 18.2 Å². The second-order valence-electron chi connectivity index (χ2n) is 8.73. The Morgan fingerprint density at radius 2 is 2.05 bits per heavy atom. The molecule has 37 heavy (non-hydrogen) atoms. The predicted molar refractivity (Wildman–Crippen MR) is 138 cm³/mol. The summed E-state index contributed by atoms with van der Waals surface area (Å²) in [4.78, 5) is 44.7. The molecule has 0 saturated carbocycles. The Bertz CT molecular complexity index is 1390. The van der Waals surface area contributed by atoms with Crippen molar-refractivity contribution in [3.05, 3.63) is 78.4 Å². The van der Waals surface area contributed by atoms with Gasteiger partial charge in [-0.15, -0.1) is 0 Å². The summed E-state index contributed by atoms with van der Waals surface area (Å²) in [5, 5.41) is 4.40. The molecule has 0 spiro atoms. The number of ether oxygens (including phenoxy) is 1. The van der Waals surface area contributed by atoms with Crippen molar-refractivity contribution in [3.8, 4) is 0 Å². The monoisotopic (exact) mass is 500 g/mol. The van der Waals surface area contributed by atoms with Crippen LogP contribution in [0.3, 0.4) is 0 Å². The summed E-state index contributed by atoms with van der Waals surface area (Å²) in [6, 6.07) is 3.66. The molecule has 3 aromatic rings. The fourth-order valence-corrected chi connectivity index (χ4v) is 4.23. The van der Waals surface area contributed by atoms with Crippen molar-refractivity contribution in [2.45, 2.75) is 12.8 Å². The Morgan fingerprint density at radius 1 is 1.16 bits per heavy atom. The van der Waals surface area contributed by atoms with Crippen LogP contribution in [-0.4, -0.2) is 86.6 Å². The van der Waals surface area contributed by atoms with E-state index in [1.165, 1.54) is 6.20 Å². The van der Waals surface area contributed by atoms with Crippen LogP contribution in [0.15, 0.2) is 61.4 Å². The van der Waals surface area contributed by atoms with Crippen LogP contribution >= 0.6 is 0 Å². The Hall–Kier alpha value is -4.38. The van der Waals surface area contributed by atoms with E-state index >= 15 is 0 Å². The SMILES string of the molecule is COCCN(C)C(=O)c1cnc(N2C=CN(C(=O)c3c(C4=CC=CCC4)nc4cccnn34)CC2)cn1. The van der Waals surface area contributed by atoms with Crippen LogP contribution in [0.4, 0.5) is 5.82 Å². The number of imidazole rings is 1. The standard InChI is InChI=1S/C26H28N8O3/c1-31(15-16-37-2)25(35)20-17-28-22(18-27-20)32-11-13-33(14-12-32)26(36)24-23(19-7-4-3-5-8-19)30-21-9-6-10-29-34(21)24/h3-4,6-7,9-11,13,17-18H,5,8,12,14-16H2,1-2H3. The van der Waals surface area contributed by atoms with Crippen LogP contribution in [0.1, 0.15) is 39.5 Å². The van der Waals surface area contributed by atoms with E-state index in [1.54, 1.807) is 53.3 Å². The van der Waals surface area contributed by atoms with E-state index in [0.29, 0.717) is 49.1 Å². The van der Waals surface area contributed by atoms with Crippen molar-refractivity contribution >= 4 is 28.9 Å². The number of hydrogen-bond acceptors (Lipinski definition) is 8.